The second-order valence-electron chi connectivity index (χ2n) is 3.92. The summed E-state index contributed by atoms with van der Waals surface area (Å²) in [4.78, 5) is 11.2. The first-order chi connectivity index (χ1) is 6.43. The Balaban J connectivity index is 3.54. The largest absolute Gasteiger partial charge is 0.369 e. The third kappa shape index (κ3) is 7.15. The molecule has 0 aromatic carbocycles. The summed E-state index contributed by atoms with van der Waals surface area (Å²) >= 11 is 5.97. The first-order valence-corrected chi connectivity index (χ1v) is 5.39. The summed E-state index contributed by atoms with van der Waals surface area (Å²) in [7, 11) is 0. The van der Waals surface area contributed by atoms with E-state index in [0.29, 0.717) is 12.5 Å². The van der Waals surface area contributed by atoms with Crippen molar-refractivity contribution in [3.05, 3.63) is 0 Å². The zero-order valence-electron chi connectivity index (χ0n) is 9.34. The number of halogens is 1. The minimum Gasteiger partial charge on any atom is -0.369 e. The van der Waals surface area contributed by atoms with Crippen LogP contribution in [0.2, 0.25) is 0 Å². The van der Waals surface area contributed by atoms with E-state index in [2.05, 4.69) is 5.32 Å². The molecule has 84 valence electrons. The second-order valence-corrected chi connectivity index (χ2v) is 4.48. The maximum atomic E-state index is 11.2. The van der Waals surface area contributed by atoms with Gasteiger partial charge in [-0.25, -0.2) is 0 Å². The summed E-state index contributed by atoms with van der Waals surface area (Å²) in [5.41, 5.74) is 0. The molecule has 0 aromatic heterocycles. The van der Waals surface area contributed by atoms with Crippen molar-refractivity contribution in [1.82, 2.24) is 5.32 Å². The summed E-state index contributed by atoms with van der Waals surface area (Å²) < 4.78 is 5.14. The minimum absolute atomic E-state index is 0.0157. The summed E-state index contributed by atoms with van der Waals surface area (Å²) in [6.07, 6.45) is 0.0812. The van der Waals surface area contributed by atoms with Gasteiger partial charge in [0.1, 0.15) is 6.61 Å². The Kier molecular flexibility index (Phi) is 6.93. The number of ether oxygens (including phenoxy) is 1. The van der Waals surface area contributed by atoms with Gasteiger partial charge in [-0.05, 0) is 19.8 Å². The number of alkyl halides is 1. The van der Waals surface area contributed by atoms with E-state index in [-0.39, 0.29) is 24.0 Å². The van der Waals surface area contributed by atoms with E-state index in [1.54, 1.807) is 0 Å². The van der Waals surface area contributed by atoms with Crippen LogP contribution in [0.5, 0.6) is 0 Å². The van der Waals surface area contributed by atoms with Crippen LogP contribution >= 0.6 is 11.6 Å². The Bertz CT molecular complexity index is 172. The Hall–Kier alpha value is -0.280. The molecule has 0 saturated carbocycles. The Morgan fingerprint density at radius 3 is 2.36 bits per heavy atom. The highest BCUT2D eigenvalue weighted by molar-refractivity contribution is 6.21. The monoisotopic (exact) mass is 221 g/mol. The number of carbonyl (C=O) groups is 1. The van der Waals surface area contributed by atoms with Crippen molar-refractivity contribution in [3.8, 4) is 0 Å². The van der Waals surface area contributed by atoms with Crippen molar-refractivity contribution in [2.75, 3.05) is 13.2 Å². The number of rotatable bonds is 6. The highest BCUT2D eigenvalue weighted by Gasteiger charge is 2.11. The fourth-order valence-electron chi connectivity index (χ4n) is 0.740. The molecule has 0 fully saturated rings. The fourth-order valence-corrected chi connectivity index (χ4v) is 0.818. The summed E-state index contributed by atoms with van der Waals surface area (Å²) in [5, 5.41) is 2.71. The molecular formula is C10H20ClNO2. The van der Waals surface area contributed by atoms with Gasteiger partial charge >= 0.3 is 0 Å². The van der Waals surface area contributed by atoms with Crippen molar-refractivity contribution in [2.45, 2.75) is 39.2 Å². The Morgan fingerprint density at radius 2 is 1.93 bits per heavy atom. The molecule has 0 bridgehead atoms. The van der Waals surface area contributed by atoms with Crippen LogP contribution in [-0.2, 0) is 9.53 Å². The van der Waals surface area contributed by atoms with Crippen LogP contribution in [0.25, 0.3) is 0 Å². The standard InChI is InChI=1S/C10H20ClNO2/c1-7(2)9(11)5-12-10(13)6-14-8(3)4/h7-9H,5-6H2,1-4H3,(H,12,13). The fraction of sp³-hybridized carbons (Fsp3) is 0.900. The third-order valence-corrected chi connectivity index (χ3v) is 2.42. The molecule has 3 nitrogen and oxygen atoms in total. The zero-order chi connectivity index (χ0) is 11.1. The smallest absolute Gasteiger partial charge is 0.246 e. The molecule has 0 aromatic rings. The Morgan fingerprint density at radius 1 is 1.36 bits per heavy atom. The van der Waals surface area contributed by atoms with Crippen molar-refractivity contribution in [1.29, 1.82) is 0 Å². The van der Waals surface area contributed by atoms with E-state index in [0.717, 1.165) is 0 Å². The van der Waals surface area contributed by atoms with Crippen LogP contribution in [0.15, 0.2) is 0 Å². The van der Waals surface area contributed by atoms with Crippen molar-refractivity contribution in [3.63, 3.8) is 0 Å². The summed E-state index contributed by atoms with van der Waals surface area (Å²) in [6, 6.07) is 0. The molecule has 0 rings (SSSR count). The number of carbonyl (C=O) groups excluding carboxylic acids is 1. The highest BCUT2D eigenvalue weighted by Crippen LogP contribution is 2.07. The second kappa shape index (κ2) is 7.07. The number of hydrogen-bond acceptors (Lipinski definition) is 2. The molecule has 14 heavy (non-hydrogen) atoms. The number of nitrogens with one attached hydrogen (secondary N) is 1. The molecule has 0 heterocycles. The Labute approximate surface area is 91.2 Å². The predicted octanol–water partition coefficient (Wildman–Crippen LogP) is 1.79. The molecule has 0 radical (unpaired) electrons. The zero-order valence-corrected chi connectivity index (χ0v) is 10.1. The topological polar surface area (TPSA) is 38.3 Å². The molecule has 0 aliphatic heterocycles. The van der Waals surface area contributed by atoms with Gasteiger partial charge in [-0.15, -0.1) is 11.6 Å². The van der Waals surface area contributed by atoms with Crippen LogP contribution in [0.3, 0.4) is 0 Å². The van der Waals surface area contributed by atoms with Gasteiger partial charge in [-0.3, -0.25) is 4.79 Å². The van der Waals surface area contributed by atoms with E-state index >= 15 is 0 Å². The lowest BCUT2D eigenvalue weighted by Gasteiger charge is -2.14. The molecule has 1 atom stereocenters. The number of amides is 1. The first kappa shape index (κ1) is 13.7. The van der Waals surface area contributed by atoms with Gasteiger partial charge in [0.2, 0.25) is 5.91 Å². The predicted molar refractivity (Wildman–Crippen MR) is 58.6 cm³/mol. The summed E-state index contributed by atoms with van der Waals surface area (Å²) in [5.74, 6) is 0.257. The maximum absolute atomic E-state index is 11.2. The molecule has 0 aliphatic rings. The molecule has 0 saturated heterocycles. The van der Waals surface area contributed by atoms with Gasteiger partial charge in [0, 0.05) is 6.54 Å². The van der Waals surface area contributed by atoms with Gasteiger partial charge in [0.05, 0.1) is 11.5 Å². The average molecular weight is 222 g/mol. The third-order valence-electron chi connectivity index (χ3n) is 1.77. The first-order valence-electron chi connectivity index (χ1n) is 4.95. The van der Waals surface area contributed by atoms with Crippen molar-refractivity contribution >= 4 is 17.5 Å². The highest BCUT2D eigenvalue weighted by atomic mass is 35.5. The van der Waals surface area contributed by atoms with E-state index in [1.165, 1.54) is 0 Å². The van der Waals surface area contributed by atoms with Gasteiger partial charge in [-0.2, -0.15) is 0 Å². The van der Waals surface area contributed by atoms with Gasteiger partial charge in [-0.1, -0.05) is 13.8 Å². The van der Waals surface area contributed by atoms with Gasteiger partial charge < -0.3 is 10.1 Å². The van der Waals surface area contributed by atoms with Gasteiger partial charge in [0.15, 0.2) is 0 Å². The molecular weight excluding hydrogens is 202 g/mol. The number of hydrogen-bond donors (Lipinski definition) is 1. The lowest BCUT2D eigenvalue weighted by atomic mass is 10.1. The van der Waals surface area contributed by atoms with Gasteiger partial charge in [0.25, 0.3) is 0 Å². The van der Waals surface area contributed by atoms with Crippen LogP contribution in [0, 0.1) is 5.92 Å². The van der Waals surface area contributed by atoms with E-state index in [4.69, 9.17) is 16.3 Å². The molecule has 0 aliphatic carbocycles. The normalized spacial score (nSPS) is 13.4. The van der Waals surface area contributed by atoms with Crippen LogP contribution in [0.4, 0.5) is 0 Å². The quantitative estimate of drug-likeness (QED) is 0.695. The van der Waals surface area contributed by atoms with Crippen molar-refractivity contribution in [2.24, 2.45) is 5.92 Å². The van der Waals surface area contributed by atoms with Crippen molar-refractivity contribution < 1.29 is 9.53 Å². The average Bonchev–Trinajstić information content (AvgIpc) is 2.10. The maximum Gasteiger partial charge on any atom is 0.246 e. The van der Waals surface area contributed by atoms with E-state index in [1.807, 2.05) is 27.7 Å². The molecule has 1 N–H and O–H groups in total. The van der Waals surface area contributed by atoms with E-state index < -0.39 is 0 Å². The minimum atomic E-state index is -0.106. The van der Waals surface area contributed by atoms with Crippen LogP contribution < -0.4 is 5.32 Å². The van der Waals surface area contributed by atoms with E-state index in [9.17, 15) is 4.79 Å². The molecule has 1 unspecified atom stereocenters. The molecule has 4 heteroatoms. The molecule has 0 spiro atoms. The van der Waals surface area contributed by atoms with Crippen LogP contribution in [-0.4, -0.2) is 30.5 Å². The SMILES string of the molecule is CC(C)OCC(=O)NCC(Cl)C(C)C. The van der Waals surface area contributed by atoms with Crippen LogP contribution in [0.1, 0.15) is 27.7 Å². The lowest BCUT2D eigenvalue weighted by Crippen LogP contribution is -2.34. The summed E-state index contributed by atoms with van der Waals surface area (Å²) in [6.45, 7) is 8.44. The molecule has 1 amide bonds. The lowest BCUT2D eigenvalue weighted by molar-refractivity contribution is -0.127.